The molecule has 0 radical (unpaired) electrons. The highest BCUT2D eigenvalue weighted by Crippen LogP contribution is 2.23. The van der Waals surface area contributed by atoms with Crippen LogP contribution in [0.5, 0.6) is 11.5 Å². The number of esters is 1. The van der Waals surface area contributed by atoms with Gasteiger partial charge in [-0.1, -0.05) is 28.1 Å². The predicted molar refractivity (Wildman–Crippen MR) is 88.3 cm³/mol. The summed E-state index contributed by atoms with van der Waals surface area (Å²) in [6.45, 7) is -0.333. The molecular weight excluding hydrogens is 364 g/mol. The highest BCUT2D eigenvalue weighted by molar-refractivity contribution is 9.10. The molecule has 0 aliphatic carbocycles. The summed E-state index contributed by atoms with van der Waals surface area (Å²) in [6.07, 6.45) is 0. The summed E-state index contributed by atoms with van der Waals surface area (Å²) < 4.78 is 16.1. The topological polar surface area (TPSA) is 61.8 Å². The van der Waals surface area contributed by atoms with Crippen LogP contribution in [0, 0.1) is 0 Å². The van der Waals surface area contributed by atoms with Crippen molar-refractivity contribution in [3.8, 4) is 11.5 Å². The van der Waals surface area contributed by atoms with Crippen molar-refractivity contribution in [2.45, 2.75) is 0 Å². The van der Waals surface area contributed by atoms with Crippen molar-refractivity contribution in [1.82, 2.24) is 0 Å². The second-order valence-corrected chi connectivity index (χ2v) is 5.52. The van der Waals surface area contributed by atoms with Crippen LogP contribution in [0.3, 0.4) is 0 Å². The van der Waals surface area contributed by atoms with Gasteiger partial charge < -0.3 is 14.2 Å². The van der Waals surface area contributed by atoms with Gasteiger partial charge in [0.2, 0.25) is 0 Å². The first-order chi connectivity index (χ1) is 11.0. The van der Waals surface area contributed by atoms with Gasteiger partial charge in [-0.3, -0.25) is 4.79 Å². The number of ketones is 1. The fourth-order valence-corrected chi connectivity index (χ4v) is 2.12. The minimum atomic E-state index is -0.618. The van der Waals surface area contributed by atoms with Gasteiger partial charge in [0.25, 0.3) is 0 Å². The molecule has 0 aliphatic rings. The van der Waals surface area contributed by atoms with E-state index in [-0.39, 0.29) is 18.0 Å². The van der Waals surface area contributed by atoms with E-state index in [0.717, 1.165) is 4.47 Å². The molecule has 0 aromatic heterocycles. The van der Waals surface area contributed by atoms with Crippen LogP contribution in [0.4, 0.5) is 0 Å². The number of halogens is 1. The lowest BCUT2D eigenvalue weighted by molar-refractivity contribution is 0.0474. The average Bonchev–Trinajstić information content (AvgIpc) is 2.59. The second-order valence-electron chi connectivity index (χ2n) is 4.61. The Morgan fingerprint density at radius 1 is 0.913 bits per heavy atom. The van der Waals surface area contributed by atoms with E-state index < -0.39 is 5.97 Å². The predicted octanol–water partition coefficient (Wildman–Crippen LogP) is 3.51. The van der Waals surface area contributed by atoms with Crippen molar-refractivity contribution in [3.63, 3.8) is 0 Å². The third-order valence-corrected chi connectivity index (χ3v) is 3.62. The molecule has 0 spiro atoms. The number of benzene rings is 2. The number of Topliss-reactive ketones (excluding diaryl/α,β-unsaturated/α-hetero) is 1. The van der Waals surface area contributed by atoms with Crippen molar-refractivity contribution in [3.05, 3.63) is 58.1 Å². The summed E-state index contributed by atoms with van der Waals surface area (Å²) in [5.74, 6) is 0.0412. The van der Waals surface area contributed by atoms with Crippen LogP contribution in [0.2, 0.25) is 0 Å². The molecule has 2 rings (SSSR count). The minimum Gasteiger partial charge on any atom is -0.497 e. The van der Waals surface area contributed by atoms with Crippen LogP contribution in [-0.2, 0) is 4.74 Å². The zero-order valence-corrected chi connectivity index (χ0v) is 14.3. The molecule has 0 bridgehead atoms. The second kappa shape index (κ2) is 7.78. The molecule has 0 amide bonds. The van der Waals surface area contributed by atoms with E-state index in [9.17, 15) is 9.59 Å². The molecule has 6 heteroatoms. The number of carbonyl (C=O) groups excluding carboxylic acids is 2. The van der Waals surface area contributed by atoms with Crippen LogP contribution in [-0.4, -0.2) is 32.6 Å². The Kier molecular flexibility index (Phi) is 5.76. The highest BCUT2D eigenvalue weighted by atomic mass is 79.9. The van der Waals surface area contributed by atoms with Gasteiger partial charge in [0, 0.05) is 16.1 Å². The zero-order chi connectivity index (χ0) is 16.8. The molecule has 120 valence electrons. The smallest absolute Gasteiger partial charge is 0.338 e. The van der Waals surface area contributed by atoms with Crippen molar-refractivity contribution < 1.29 is 23.8 Å². The third kappa shape index (κ3) is 4.56. The molecule has 2 aromatic carbocycles. The zero-order valence-electron chi connectivity index (χ0n) is 12.7. The minimum absolute atomic E-state index is 0.254. The molecule has 23 heavy (non-hydrogen) atoms. The molecular formula is C17H15BrO5. The normalized spacial score (nSPS) is 10.0. The molecule has 0 saturated carbocycles. The van der Waals surface area contributed by atoms with Crippen LogP contribution >= 0.6 is 15.9 Å². The fourth-order valence-electron chi connectivity index (χ4n) is 1.86. The first-order valence-electron chi connectivity index (χ1n) is 6.72. The van der Waals surface area contributed by atoms with E-state index >= 15 is 0 Å². The summed E-state index contributed by atoms with van der Waals surface area (Å²) in [4.78, 5) is 24.1. The Hall–Kier alpha value is -2.34. The molecule has 0 heterocycles. The van der Waals surface area contributed by atoms with Gasteiger partial charge in [0.05, 0.1) is 19.8 Å². The monoisotopic (exact) mass is 378 g/mol. The van der Waals surface area contributed by atoms with Crippen LogP contribution in [0.25, 0.3) is 0 Å². The molecule has 0 unspecified atom stereocenters. The Morgan fingerprint density at radius 2 is 1.48 bits per heavy atom. The quantitative estimate of drug-likeness (QED) is 0.568. The Morgan fingerprint density at radius 3 is 2.00 bits per heavy atom. The molecule has 2 aromatic rings. The maximum absolute atomic E-state index is 12.1. The van der Waals surface area contributed by atoms with Crippen molar-refractivity contribution in [2.24, 2.45) is 0 Å². The van der Waals surface area contributed by atoms with Crippen molar-refractivity contribution in [2.75, 3.05) is 20.8 Å². The van der Waals surface area contributed by atoms with Crippen LogP contribution < -0.4 is 9.47 Å². The van der Waals surface area contributed by atoms with Gasteiger partial charge in [-0.25, -0.2) is 4.79 Å². The lowest BCUT2D eigenvalue weighted by Crippen LogP contribution is -2.14. The Labute approximate surface area is 142 Å². The molecule has 0 atom stereocenters. The summed E-state index contributed by atoms with van der Waals surface area (Å²) in [5.41, 5.74) is 0.731. The number of methoxy groups -OCH3 is 2. The van der Waals surface area contributed by atoms with Crippen molar-refractivity contribution >= 4 is 27.7 Å². The summed E-state index contributed by atoms with van der Waals surface area (Å²) in [7, 11) is 2.97. The number of hydrogen-bond donors (Lipinski definition) is 0. The van der Waals surface area contributed by atoms with Gasteiger partial charge in [-0.05, 0) is 24.3 Å². The highest BCUT2D eigenvalue weighted by Gasteiger charge is 2.14. The van der Waals surface area contributed by atoms with E-state index in [1.54, 1.807) is 30.3 Å². The Balaban J connectivity index is 2.04. The third-order valence-electron chi connectivity index (χ3n) is 3.09. The first kappa shape index (κ1) is 17.0. The van der Waals surface area contributed by atoms with E-state index in [1.807, 2.05) is 0 Å². The van der Waals surface area contributed by atoms with Gasteiger partial charge in [-0.15, -0.1) is 0 Å². The summed E-state index contributed by atoms with van der Waals surface area (Å²) in [6, 6.07) is 11.5. The standard InChI is InChI=1S/C17H15BrO5/c1-21-14-7-12(8-15(9-14)22-2)17(20)23-10-16(19)11-3-5-13(18)6-4-11/h3-9H,10H2,1-2H3. The van der Waals surface area contributed by atoms with E-state index in [0.29, 0.717) is 17.1 Å². The van der Waals surface area contributed by atoms with Crippen molar-refractivity contribution in [1.29, 1.82) is 0 Å². The number of rotatable bonds is 6. The average molecular weight is 379 g/mol. The lowest BCUT2D eigenvalue weighted by Gasteiger charge is -2.08. The van der Waals surface area contributed by atoms with Crippen LogP contribution in [0.1, 0.15) is 20.7 Å². The molecule has 0 aliphatic heterocycles. The summed E-state index contributed by atoms with van der Waals surface area (Å²) in [5, 5.41) is 0. The Bertz CT molecular complexity index is 687. The van der Waals surface area contributed by atoms with Gasteiger partial charge in [-0.2, -0.15) is 0 Å². The first-order valence-corrected chi connectivity index (χ1v) is 7.51. The number of ether oxygens (including phenoxy) is 3. The summed E-state index contributed by atoms with van der Waals surface area (Å²) >= 11 is 3.29. The molecule has 0 fully saturated rings. The maximum atomic E-state index is 12.1. The lowest BCUT2D eigenvalue weighted by atomic mass is 10.1. The molecule has 0 N–H and O–H groups in total. The van der Waals surface area contributed by atoms with Gasteiger partial charge >= 0.3 is 5.97 Å². The number of carbonyl (C=O) groups is 2. The van der Waals surface area contributed by atoms with E-state index in [4.69, 9.17) is 14.2 Å². The largest absolute Gasteiger partial charge is 0.497 e. The van der Waals surface area contributed by atoms with Gasteiger partial charge in [0.15, 0.2) is 12.4 Å². The van der Waals surface area contributed by atoms with Gasteiger partial charge in [0.1, 0.15) is 11.5 Å². The van der Waals surface area contributed by atoms with E-state index in [1.165, 1.54) is 26.4 Å². The molecule has 5 nitrogen and oxygen atoms in total. The number of hydrogen-bond acceptors (Lipinski definition) is 5. The molecule has 0 saturated heterocycles. The SMILES string of the molecule is COc1cc(OC)cc(C(=O)OCC(=O)c2ccc(Br)cc2)c1. The van der Waals surface area contributed by atoms with E-state index in [2.05, 4.69) is 15.9 Å². The fraction of sp³-hybridized carbons (Fsp3) is 0.176. The van der Waals surface area contributed by atoms with Crippen LogP contribution in [0.15, 0.2) is 46.9 Å². The maximum Gasteiger partial charge on any atom is 0.338 e.